The van der Waals surface area contributed by atoms with Crippen LogP contribution in [0.1, 0.15) is 51.4 Å². The van der Waals surface area contributed by atoms with Gasteiger partial charge in [-0.3, -0.25) is 4.79 Å². The predicted octanol–water partition coefficient (Wildman–Crippen LogP) is 2.64. The van der Waals surface area contributed by atoms with Crippen LogP contribution in [-0.2, 0) is 4.74 Å². The Kier molecular flexibility index (Phi) is 6.76. The summed E-state index contributed by atoms with van der Waals surface area (Å²) >= 11 is 7.10. The van der Waals surface area contributed by atoms with Gasteiger partial charge in [0.1, 0.15) is 4.88 Å². The lowest BCUT2D eigenvalue weighted by Gasteiger charge is -2.38. The molecule has 0 spiro atoms. The molecule has 3 heterocycles. The molecule has 1 amide bonds. The third-order valence-electron chi connectivity index (χ3n) is 4.70. The second-order valence-corrected chi connectivity index (χ2v) is 8.28. The molecule has 1 aliphatic heterocycles. The number of piperidine rings is 1. The van der Waals surface area contributed by atoms with E-state index in [2.05, 4.69) is 20.3 Å². The minimum Gasteiger partial charge on any atom is -0.477 e. The van der Waals surface area contributed by atoms with Gasteiger partial charge in [-0.25, -0.2) is 14.8 Å². The van der Waals surface area contributed by atoms with Crippen LogP contribution in [0.4, 0.5) is 5.13 Å². The number of aryl methyl sites for hydroxylation is 2. The van der Waals surface area contributed by atoms with Crippen molar-refractivity contribution in [3.63, 3.8) is 0 Å². The second-order valence-electron chi connectivity index (χ2n) is 6.94. The summed E-state index contributed by atoms with van der Waals surface area (Å²) in [5, 5.41) is 13.2. The Hall–Kier alpha value is -2.17. The maximum Gasteiger partial charge on any atom is 0.347 e. The number of imidazole rings is 1. The van der Waals surface area contributed by atoms with E-state index in [1.807, 2.05) is 11.8 Å². The van der Waals surface area contributed by atoms with Gasteiger partial charge in [-0.2, -0.15) is 0 Å². The quantitative estimate of drug-likeness (QED) is 0.603. The highest BCUT2D eigenvalue weighted by molar-refractivity contribution is 7.17. The van der Waals surface area contributed by atoms with Crippen molar-refractivity contribution in [1.29, 1.82) is 0 Å². The largest absolute Gasteiger partial charge is 0.477 e. The van der Waals surface area contributed by atoms with Crippen LogP contribution in [0.25, 0.3) is 0 Å². The molecule has 11 heteroatoms. The molecule has 2 aromatic heterocycles. The summed E-state index contributed by atoms with van der Waals surface area (Å²) in [6.45, 7) is 7.16. The first-order chi connectivity index (χ1) is 13.8. The molecule has 2 atom stereocenters. The Morgan fingerprint density at radius 2 is 2.17 bits per heavy atom. The molecule has 29 heavy (non-hydrogen) atoms. The highest BCUT2D eigenvalue weighted by Gasteiger charge is 2.33. The number of anilines is 1. The van der Waals surface area contributed by atoms with E-state index in [-0.39, 0.29) is 33.9 Å². The molecule has 0 aromatic carbocycles. The van der Waals surface area contributed by atoms with E-state index < -0.39 is 5.97 Å². The first-order valence-corrected chi connectivity index (χ1v) is 10.6. The van der Waals surface area contributed by atoms with Crippen LogP contribution in [0.15, 0.2) is 0 Å². The number of rotatable bonds is 7. The van der Waals surface area contributed by atoms with Crippen molar-refractivity contribution in [2.24, 2.45) is 0 Å². The van der Waals surface area contributed by atoms with Gasteiger partial charge in [-0.05, 0) is 26.7 Å². The van der Waals surface area contributed by atoms with E-state index in [4.69, 9.17) is 16.3 Å². The number of ether oxygens (including phenoxy) is 1. The van der Waals surface area contributed by atoms with Crippen LogP contribution >= 0.6 is 22.9 Å². The monoisotopic (exact) mass is 441 g/mol. The van der Waals surface area contributed by atoms with E-state index in [9.17, 15) is 14.7 Å². The van der Waals surface area contributed by atoms with E-state index in [1.54, 1.807) is 13.8 Å². The van der Waals surface area contributed by atoms with E-state index in [0.717, 1.165) is 17.8 Å². The maximum absolute atomic E-state index is 12.6. The molecule has 0 radical (unpaired) electrons. The smallest absolute Gasteiger partial charge is 0.347 e. The van der Waals surface area contributed by atoms with Gasteiger partial charge < -0.3 is 25.0 Å². The van der Waals surface area contributed by atoms with Crippen molar-refractivity contribution >= 4 is 39.9 Å². The maximum atomic E-state index is 12.6. The SMILES string of the molecule is CCCO[C@@H]1CN(c2nc(C)c(C(=O)O)s2)CC[C@@H]1NC(=O)c1nc(Cl)c(C)[nH]1. The van der Waals surface area contributed by atoms with Crippen molar-refractivity contribution in [3.05, 3.63) is 27.2 Å². The summed E-state index contributed by atoms with van der Waals surface area (Å²) < 4.78 is 5.99. The lowest BCUT2D eigenvalue weighted by molar-refractivity contribution is 0.0204. The van der Waals surface area contributed by atoms with Crippen molar-refractivity contribution in [2.45, 2.75) is 45.8 Å². The number of hydrogen-bond donors (Lipinski definition) is 3. The topological polar surface area (TPSA) is 120 Å². The van der Waals surface area contributed by atoms with Gasteiger partial charge in [0.2, 0.25) is 0 Å². The zero-order valence-corrected chi connectivity index (χ0v) is 18.1. The van der Waals surface area contributed by atoms with Crippen LogP contribution in [0.2, 0.25) is 5.15 Å². The molecule has 158 valence electrons. The van der Waals surface area contributed by atoms with Crippen molar-refractivity contribution in [2.75, 3.05) is 24.6 Å². The molecule has 1 aliphatic rings. The van der Waals surface area contributed by atoms with Crippen molar-refractivity contribution < 1.29 is 19.4 Å². The van der Waals surface area contributed by atoms with E-state index in [1.165, 1.54) is 0 Å². The molecule has 0 bridgehead atoms. The molecular formula is C18H24ClN5O4S. The number of carbonyl (C=O) groups is 2. The summed E-state index contributed by atoms with van der Waals surface area (Å²) in [5.74, 6) is -1.13. The summed E-state index contributed by atoms with van der Waals surface area (Å²) in [6, 6.07) is -0.200. The number of aromatic nitrogens is 3. The molecule has 3 N–H and O–H groups in total. The first-order valence-electron chi connectivity index (χ1n) is 9.40. The zero-order valence-electron chi connectivity index (χ0n) is 16.5. The van der Waals surface area contributed by atoms with Crippen LogP contribution in [0.3, 0.4) is 0 Å². The van der Waals surface area contributed by atoms with Gasteiger partial charge in [-0.1, -0.05) is 29.9 Å². The number of carboxylic acid groups (broad SMARTS) is 1. The number of nitrogens with zero attached hydrogens (tertiary/aromatic N) is 3. The van der Waals surface area contributed by atoms with Gasteiger partial charge >= 0.3 is 5.97 Å². The van der Waals surface area contributed by atoms with E-state index >= 15 is 0 Å². The number of aromatic amines is 1. The summed E-state index contributed by atoms with van der Waals surface area (Å²) in [6.07, 6.45) is 1.23. The van der Waals surface area contributed by atoms with Gasteiger partial charge in [0.15, 0.2) is 16.1 Å². The summed E-state index contributed by atoms with van der Waals surface area (Å²) in [7, 11) is 0. The molecular weight excluding hydrogens is 418 g/mol. The third kappa shape index (κ3) is 4.88. The minimum atomic E-state index is -0.973. The number of thiazole rings is 1. The predicted molar refractivity (Wildman–Crippen MR) is 110 cm³/mol. The van der Waals surface area contributed by atoms with Crippen molar-refractivity contribution in [1.82, 2.24) is 20.3 Å². The standard InChI is InChI=1S/C18H24ClN5O4S/c1-4-7-28-12-8-24(18-21-9(2)13(29-18)17(26)27)6-5-11(12)22-16(25)15-20-10(3)14(19)23-15/h11-12H,4-8H2,1-3H3,(H,20,23)(H,22,25)(H,26,27)/t11-,12+/m0/s1. The van der Waals surface area contributed by atoms with Crippen molar-refractivity contribution in [3.8, 4) is 0 Å². The molecule has 9 nitrogen and oxygen atoms in total. The molecule has 0 aliphatic carbocycles. The average Bonchev–Trinajstić information content (AvgIpc) is 3.23. The van der Waals surface area contributed by atoms with Crippen LogP contribution in [0, 0.1) is 13.8 Å². The molecule has 3 rings (SSSR count). The second kappa shape index (κ2) is 9.10. The molecule has 2 aromatic rings. The molecule has 0 saturated carbocycles. The summed E-state index contributed by atoms with van der Waals surface area (Å²) in [4.78, 5) is 37.5. The van der Waals surface area contributed by atoms with Crippen LogP contribution in [-0.4, -0.2) is 63.8 Å². The Labute approximate surface area is 177 Å². The number of halogens is 1. The van der Waals surface area contributed by atoms with Gasteiger partial charge in [-0.15, -0.1) is 0 Å². The zero-order chi connectivity index (χ0) is 21.1. The third-order valence-corrected chi connectivity index (χ3v) is 6.28. The summed E-state index contributed by atoms with van der Waals surface area (Å²) in [5.41, 5.74) is 1.14. The average molecular weight is 442 g/mol. The Balaban J connectivity index is 1.72. The highest BCUT2D eigenvalue weighted by Crippen LogP contribution is 2.29. The number of carboxylic acids is 1. The highest BCUT2D eigenvalue weighted by atomic mass is 35.5. The van der Waals surface area contributed by atoms with Gasteiger partial charge in [0, 0.05) is 19.7 Å². The fraction of sp³-hybridized carbons (Fsp3) is 0.556. The number of aromatic carboxylic acids is 1. The molecule has 1 fully saturated rings. The van der Waals surface area contributed by atoms with Gasteiger partial charge in [0.05, 0.1) is 23.5 Å². The number of carbonyl (C=O) groups excluding carboxylic acids is 1. The van der Waals surface area contributed by atoms with Crippen LogP contribution in [0.5, 0.6) is 0 Å². The fourth-order valence-electron chi connectivity index (χ4n) is 3.19. The normalized spacial score (nSPS) is 19.4. The molecule has 0 unspecified atom stereocenters. The minimum absolute atomic E-state index is 0.172. The Morgan fingerprint density at radius 3 is 2.76 bits per heavy atom. The number of amides is 1. The number of hydrogen-bond acceptors (Lipinski definition) is 7. The molecule has 1 saturated heterocycles. The van der Waals surface area contributed by atoms with E-state index in [0.29, 0.717) is 42.6 Å². The Bertz CT molecular complexity index is 879. The number of H-pyrrole nitrogens is 1. The Morgan fingerprint density at radius 1 is 1.41 bits per heavy atom. The first kappa shape index (κ1) is 21.5. The lowest BCUT2D eigenvalue weighted by Crippen LogP contribution is -2.55. The fourth-order valence-corrected chi connectivity index (χ4v) is 4.27. The lowest BCUT2D eigenvalue weighted by atomic mass is 10.0. The van der Waals surface area contributed by atoms with Gasteiger partial charge in [0.25, 0.3) is 5.91 Å². The number of nitrogens with one attached hydrogen (secondary N) is 2. The van der Waals surface area contributed by atoms with Crippen LogP contribution < -0.4 is 10.2 Å².